The molecule has 0 aliphatic rings. The van der Waals surface area contributed by atoms with Gasteiger partial charge in [0, 0.05) is 18.0 Å². The summed E-state index contributed by atoms with van der Waals surface area (Å²) in [6.45, 7) is 15.0. The zero-order chi connectivity index (χ0) is 36.7. The van der Waals surface area contributed by atoms with Crippen LogP contribution in [0.3, 0.4) is 0 Å². The van der Waals surface area contributed by atoms with Crippen LogP contribution in [0.4, 0.5) is 0 Å². The second-order valence-corrected chi connectivity index (χ2v) is 16.2. The van der Waals surface area contributed by atoms with Crippen LogP contribution in [0.25, 0.3) is 11.1 Å². The molecule has 0 spiro atoms. The van der Waals surface area contributed by atoms with Gasteiger partial charge in [0.15, 0.2) is 0 Å². The number of carbonyl (C=O) groups is 3. The second-order valence-electron chi connectivity index (χ2n) is 14.5. The zero-order valence-electron chi connectivity index (χ0n) is 30.4. The van der Waals surface area contributed by atoms with Gasteiger partial charge < -0.3 is 15.5 Å². The van der Waals surface area contributed by atoms with Crippen LogP contribution in [0.2, 0.25) is 0 Å². The Labute approximate surface area is 292 Å². The summed E-state index contributed by atoms with van der Waals surface area (Å²) in [5.41, 5.74) is 1.66. The largest absolute Gasteiger partial charge is 0.342 e. The van der Waals surface area contributed by atoms with Crippen LogP contribution in [0.5, 0.6) is 0 Å². The van der Waals surface area contributed by atoms with Crippen LogP contribution in [0.1, 0.15) is 61.0 Å². The van der Waals surface area contributed by atoms with Gasteiger partial charge in [0.2, 0.25) is 11.8 Å². The van der Waals surface area contributed by atoms with E-state index in [9.17, 15) is 22.8 Å². The number of nitrogens with zero attached hydrogens (tertiary/aromatic N) is 1. The van der Waals surface area contributed by atoms with Crippen LogP contribution in [0.15, 0.2) is 101 Å². The SMILES string of the molecule is CNC(C(=O)NC(C(=O)N(C)C(/C=C(\C)C(=O)NS(=O)(=O)c1ccc(-c2ccccc2)cc1)C(C)C)C(C)(C)C)C(C)(C)c1ccccc1. The molecule has 9 nitrogen and oxygen atoms in total. The van der Waals surface area contributed by atoms with E-state index in [1.54, 1.807) is 32.3 Å². The molecule has 0 aliphatic heterocycles. The summed E-state index contributed by atoms with van der Waals surface area (Å²) in [7, 11) is -0.802. The maximum absolute atomic E-state index is 14.2. The second kappa shape index (κ2) is 16.0. The molecule has 3 aromatic rings. The van der Waals surface area contributed by atoms with Gasteiger partial charge in [-0.2, -0.15) is 0 Å². The van der Waals surface area contributed by atoms with Crippen molar-refractivity contribution in [2.75, 3.05) is 14.1 Å². The van der Waals surface area contributed by atoms with Crippen molar-refractivity contribution in [3.63, 3.8) is 0 Å². The first-order valence-corrected chi connectivity index (χ1v) is 18.0. The number of nitrogens with one attached hydrogen (secondary N) is 3. The first-order chi connectivity index (χ1) is 22.8. The van der Waals surface area contributed by atoms with Crippen molar-refractivity contribution in [3.8, 4) is 11.1 Å². The summed E-state index contributed by atoms with van der Waals surface area (Å²) in [5, 5.41) is 6.17. The Morgan fingerprint density at radius 2 is 1.29 bits per heavy atom. The molecule has 0 heterocycles. The minimum atomic E-state index is -4.16. The van der Waals surface area contributed by atoms with Gasteiger partial charge in [-0.25, -0.2) is 13.1 Å². The van der Waals surface area contributed by atoms with Crippen molar-refractivity contribution in [2.45, 2.75) is 83.8 Å². The fourth-order valence-corrected chi connectivity index (χ4v) is 6.90. The summed E-state index contributed by atoms with van der Waals surface area (Å²) in [4.78, 5) is 42.7. The molecule has 10 heteroatoms. The Kier molecular flexibility index (Phi) is 12.8. The molecule has 0 fully saturated rings. The standard InChI is InChI=1S/C39H52N4O5S/c1-26(2)32(25-27(3)35(44)42-49(47,48)31-23-21-29(22-24-31)28-17-13-11-14-18-28)43(10)37(46)34(38(4,5)6)41-36(45)33(40-9)39(7,8)30-19-15-12-16-20-30/h11-26,32-34,40H,1-10H3,(H,41,45)(H,42,44)/b27-25+. The molecule has 3 unspecified atom stereocenters. The maximum Gasteiger partial charge on any atom is 0.264 e. The predicted molar refractivity (Wildman–Crippen MR) is 196 cm³/mol. The third-order valence-electron chi connectivity index (χ3n) is 8.95. The molecule has 3 atom stereocenters. The molecule has 3 N–H and O–H groups in total. The van der Waals surface area contributed by atoms with Crippen molar-refractivity contribution < 1.29 is 22.8 Å². The molecule has 49 heavy (non-hydrogen) atoms. The number of amides is 3. The summed E-state index contributed by atoms with van der Waals surface area (Å²) in [5.74, 6) is -1.58. The van der Waals surface area contributed by atoms with Crippen molar-refractivity contribution in [1.82, 2.24) is 20.3 Å². The first-order valence-electron chi connectivity index (χ1n) is 16.5. The Morgan fingerprint density at radius 1 is 0.776 bits per heavy atom. The number of hydrogen-bond donors (Lipinski definition) is 3. The van der Waals surface area contributed by atoms with Crippen molar-refractivity contribution >= 4 is 27.7 Å². The van der Waals surface area contributed by atoms with E-state index in [1.165, 1.54) is 24.0 Å². The zero-order valence-corrected chi connectivity index (χ0v) is 31.2. The summed E-state index contributed by atoms with van der Waals surface area (Å²) in [6.07, 6.45) is 1.60. The molecule has 0 aromatic heterocycles. The quantitative estimate of drug-likeness (QED) is 0.199. The van der Waals surface area contributed by atoms with Crippen LogP contribution < -0.4 is 15.4 Å². The number of rotatable bonds is 13. The van der Waals surface area contributed by atoms with Gasteiger partial charge in [-0.1, -0.05) is 127 Å². The van der Waals surface area contributed by atoms with Gasteiger partial charge in [0.05, 0.1) is 17.0 Å². The summed E-state index contributed by atoms with van der Waals surface area (Å²) >= 11 is 0. The minimum absolute atomic E-state index is 0.0416. The monoisotopic (exact) mass is 688 g/mol. The van der Waals surface area contributed by atoms with Crippen molar-refractivity contribution in [1.29, 1.82) is 0 Å². The molecule has 0 aliphatic carbocycles. The molecule has 0 radical (unpaired) electrons. The van der Waals surface area contributed by atoms with Crippen LogP contribution in [-0.4, -0.2) is 63.3 Å². The lowest BCUT2D eigenvalue weighted by molar-refractivity contribution is -0.140. The predicted octanol–water partition coefficient (Wildman–Crippen LogP) is 5.68. The van der Waals surface area contributed by atoms with Crippen LogP contribution in [0, 0.1) is 11.3 Å². The van der Waals surface area contributed by atoms with E-state index >= 15 is 0 Å². The smallest absolute Gasteiger partial charge is 0.264 e. The van der Waals surface area contributed by atoms with E-state index in [0.717, 1.165) is 16.7 Å². The fraction of sp³-hybridized carbons (Fsp3) is 0.410. The van der Waals surface area contributed by atoms with Gasteiger partial charge in [-0.05, 0) is 54.1 Å². The lowest BCUT2D eigenvalue weighted by atomic mass is 9.76. The van der Waals surface area contributed by atoms with Gasteiger partial charge in [-0.15, -0.1) is 0 Å². The third-order valence-corrected chi connectivity index (χ3v) is 10.3. The van der Waals surface area contributed by atoms with Crippen LogP contribution >= 0.6 is 0 Å². The molecule has 0 saturated heterocycles. The highest BCUT2D eigenvalue weighted by atomic mass is 32.2. The fourth-order valence-electron chi connectivity index (χ4n) is 5.88. The van der Waals surface area contributed by atoms with Crippen LogP contribution in [-0.2, 0) is 29.8 Å². The highest BCUT2D eigenvalue weighted by molar-refractivity contribution is 7.90. The van der Waals surface area contributed by atoms with E-state index in [1.807, 2.05) is 109 Å². The molecule has 264 valence electrons. The van der Waals surface area contributed by atoms with Crippen molar-refractivity contribution in [3.05, 3.63) is 102 Å². The summed E-state index contributed by atoms with van der Waals surface area (Å²) < 4.78 is 28.4. The molecular formula is C39H52N4O5S. The maximum atomic E-state index is 14.2. The Bertz CT molecular complexity index is 1730. The highest BCUT2D eigenvalue weighted by Crippen LogP contribution is 2.29. The molecular weight excluding hydrogens is 637 g/mol. The minimum Gasteiger partial charge on any atom is -0.342 e. The molecule has 3 aromatic carbocycles. The molecule has 3 amide bonds. The number of hydrogen-bond acceptors (Lipinski definition) is 6. The van der Waals surface area contributed by atoms with Gasteiger partial charge in [-0.3, -0.25) is 14.4 Å². The van der Waals surface area contributed by atoms with E-state index in [-0.39, 0.29) is 28.2 Å². The topological polar surface area (TPSA) is 125 Å². The van der Waals surface area contributed by atoms with Crippen molar-refractivity contribution in [2.24, 2.45) is 11.3 Å². The third kappa shape index (κ3) is 9.67. The number of likely N-dealkylation sites (N-methyl/N-ethyl adjacent to an activating group) is 2. The Hall–Kier alpha value is -4.28. The van der Waals surface area contributed by atoms with E-state index in [4.69, 9.17) is 0 Å². The lowest BCUT2D eigenvalue weighted by Gasteiger charge is -2.40. The van der Waals surface area contributed by atoms with Gasteiger partial charge in [0.1, 0.15) is 6.04 Å². The first kappa shape index (κ1) is 39.2. The number of sulfonamides is 1. The number of carbonyl (C=O) groups excluding carboxylic acids is 3. The van der Waals surface area contributed by atoms with E-state index in [0.29, 0.717) is 0 Å². The van der Waals surface area contributed by atoms with E-state index < -0.39 is 44.9 Å². The lowest BCUT2D eigenvalue weighted by Crippen LogP contribution is -2.61. The van der Waals surface area contributed by atoms with Gasteiger partial charge >= 0.3 is 0 Å². The van der Waals surface area contributed by atoms with Gasteiger partial charge in [0.25, 0.3) is 15.9 Å². The highest BCUT2D eigenvalue weighted by Gasteiger charge is 2.41. The molecule has 3 rings (SSSR count). The summed E-state index contributed by atoms with van der Waals surface area (Å²) in [6, 6.07) is 23.5. The number of benzene rings is 3. The molecule has 0 bridgehead atoms. The Balaban J connectivity index is 1.81. The average Bonchev–Trinajstić information content (AvgIpc) is 3.05. The van der Waals surface area contributed by atoms with E-state index in [2.05, 4.69) is 15.4 Å². The normalized spacial score (nSPS) is 14.5. The Morgan fingerprint density at radius 3 is 1.78 bits per heavy atom. The molecule has 0 saturated carbocycles. The average molecular weight is 689 g/mol.